The summed E-state index contributed by atoms with van der Waals surface area (Å²) in [6.07, 6.45) is 0. The summed E-state index contributed by atoms with van der Waals surface area (Å²) >= 11 is 7.34. The molecule has 5 aromatic rings. The molecule has 1 unspecified atom stereocenters. The van der Waals surface area contributed by atoms with Crippen LogP contribution in [0.3, 0.4) is 0 Å². The molecule has 0 fully saturated rings. The minimum absolute atomic E-state index is 0.191. The first kappa shape index (κ1) is 28.2. The van der Waals surface area contributed by atoms with Gasteiger partial charge in [0.2, 0.25) is 5.91 Å². The maximum atomic E-state index is 13.8. The van der Waals surface area contributed by atoms with Gasteiger partial charge in [-0.25, -0.2) is 0 Å². The number of carbonyl (C=O) groups is 4. The van der Waals surface area contributed by atoms with Gasteiger partial charge in [-0.05, 0) is 54.1 Å². The average Bonchev–Trinajstić information content (AvgIpc) is 3.03. The van der Waals surface area contributed by atoms with Crippen molar-refractivity contribution in [3.05, 3.63) is 160 Å². The highest BCUT2D eigenvalue weighted by Gasteiger charge is 2.32. The summed E-state index contributed by atoms with van der Waals surface area (Å²) in [5.74, 6) is -1.19. The van der Waals surface area contributed by atoms with Gasteiger partial charge < -0.3 is 10.6 Å². The molecule has 0 aromatic heterocycles. The summed E-state index contributed by atoms with van der Waals surface area (Å²) in [5, 5.41) is 5.58. The number of amides is 2. The third-order valence-corrected chi connectivity index (χ3v) is 8.51. The number of hydrogen-bond donors (Lipinski definition) is 2. The van der Waals surface area contributed by atoms with E-state index in [1.165, 1.54) is 11.8 Å². The summed E-state index contributed by atoms with van der Waals surface area (Å²) in [5.41, 5.74) is 3.22. The number of thioether (sulfide) groups is 1. The second-order valence-electron chi connectivity index (χ2n) is 9.82. The minimum atomic E-state index is -0.675. The predicted molar refractivity (Wildman–Crippen MR) is 169 cm³/mol. The van der Waals surface area contributed by atoms with Crippen LogP contribution in [-0.2, 0) is 4.79 Å². The zero-order chi connectivity index (χ0) is 29.9. The number of rotatable bonds is 7. The van der Waals surface area contributed by atoms with Crippen molar-refractivity contribution in [1.82, 2.24) is 0 Å². The molecule has 0 aliphatic heterocycles. The molecule has 8 heteroatoms. The molecule has 1 aliphatic rings. The molecule has 1 atom stereocenters. The number of anilines is 2. The van der Waals surface area contributed by atoms with E-state index in [2.05, 4.69) is 10.6 Å². The van der Waals surface area contributed by atoms with Crippen LogP contribution in [0, 0.1) is 0 Å². The lowest BCUT2D eigenvalue weighted by Crippen LogP contribution is -2.25. The molecule has 43 heavy (non-hydrogen) atoms. The van der Waals surface area contributed by atoms with Gasteiger partial charge >= 0.3 is 0 Å². The van der Waals surface area contributed by atoms with Crippen LogP contribution in [0.5, 0.6) is 0 Å². The van der Waals surface area contributed by atoms with Crippen molar-refractivity contribution < 1.29 is 19.2 Å². The summed E-state index contributed by atoms with van der Waals surface area (Å²) in [7, 11) is 0. The van der Waals surface area contributed by atoms with E-state index in [1.54, 1.807) is 78.9 Å². The number of nitrogens with one attached hydrogen (secondary N) is 2. The van der Waals surface area contributed by atoms with Gasteiger partial charge in [-0.1, -0.05) is 84.4 Å². The van der Waals surface area contributed by atoms with Crippen molar-refractivity contribution >= 4 is 58.1 Å². The van der Waals surface area contributed by atoms with Gasteiger partial charge in [-0.2, -0.15) is 0 Å². The maximum Gasteiger partial charge on any atom is 0.255 e. The highest BCUT2D eigenvalue weighted by atomic mass is 35.5. The Hall–Kier alpha value is -4.98. The first-order chi connectivity index (χ1) is 20.9. The van der Waals surface area contributed by atoms with Crippen molar-refractivity contribution in [3.63, 3.8) is 0 Å². The quantitative estimate of drug-likeness (QED) is 0.182. The van der Waals surface area contributed by atoms with Crippen molar-refractivity contribution in [2.45, 2.75) is 10.1 Å². The van der Waals surface area contributed by atoms with Crippen LogP contribution in [0.1, 0.15) is 53.0 Å². The van der Waals surface area contributed by atoms with Crippen LogP contribution in [0.2, 0.25) is 5.02 Å². The van der Waals surface area contributed by atoms with E-state index in [0.717, 1.165) is 10.5 Å². The Morgan fingerprint density at radius 1 is 0.651 bits per heavy atom. The molecule has 1 aliphatic carbocycles. The van der Waals surface area contributed by atoms with Crippen molar-refractivity contribution in [2.24, 2.45) is 0 Å². The average molecular weight is 603 g/mol. The second kappa shape index (κ2) is 12.1. The Balaban J connectivity index is 1.24. The SMILES string of the molecule is O=C(Nc1ccc(SC(C(=O)Nc2cccc3c2C(=O)c2ccccc2C3=O)c2ccccc2)cc1)c1cccc(Cl)c1. The third kappa shape index (κ3) is 5.86. The number of fused-ring (bicyclic) bond motifs is 2. The second-order valence-corrected chi connectivity index (χ2v) is 11.4. The Bertz CT molecular complexity index is 1890. The number of halogens is 1. The summed E-state index contributed by atoms with van der Waals surface area (Å²) in [6.45, 7) is 0. The van der Waals surface area contributed by atoms with E-state index in [-0.39, 0.29) is 40.2 Å². The fourth-order valence-electron chi connectivity index (χ4n) is 4.93. The van der Waals surface area contributed by atoms with Gasteiger partial charge in [0.25, 0.3) is 5.91 Å². The number of benzene rings is 5. The number of ketones is 2. The number of hydrogen-bond acceptors (Lipinski definition) is 5. The minimum Gasteiger partial charge on any atom is -0.324 e. The van der Waals surface area contributed by atoms with E-state index in [1.807, 2.05) is 42.5 Å². The normalized spacial score (nSPS) is 12.6. The van der Waals surface area contributed by atoms with Crippen LogP contribution in [0.15, 0.2) is 126 Å². The molecule has 0 spiro atoms. The Labute approximate surface area is 257 Å². The molecule has 0 saturated carbocycles. The van der Waals surface area contributed by atoms with Crippen LogP contribution in [-0.4, -0.2) is 23.4 Å². The molecule has 2 amide bonds. The van der Waals surface area contributed by atoms with Gasteiger partial charge in [-0.15, -0.1) is 11.8 Å². The predicted octanol–water partition coefficient (Wildman–Crippen LogP) is 7.84. The fraction of sp³-hybridized carbons (Fsp3) is 0.0286. The fourth-order valence-corrected chi connectivity index (χ4v) is 6.15. The molecule has 2 N–H and O–H groups in total. The van der Waals surface area contributed by atoms with Crippen LogP contribution >= 0.6 is 23.4 Å². The van der Waals surface area contributed by atoms with Crippen molar-refractivity contribution in [3.8, 4) is 0 Å². The van der Waals surface area contributed by atoms with Crippen molar-refractivity contribution in [1.29, 1.82) is 0 Å². The molecule has 210 valence electrons. The molecule has 0 saturated heterocycles. The Kier molecular flexibility index (Phi) is 7.92. The highest BCUT2D eigenvalue weighted by molar-refractivity contribution is 8.00. The van der Waals surface area contributed by atoms with E-state index in [4.69, 9.17) is 11.6 Å². The van der Waals surface area contributed by atoms with Gasteiger partial charge in [0.1, 0.15) is 5.25 Å². The van der Waals surface area contributed by atoms with Gasteiger partial charge in [0, 0.05) is 37.9 Å². The molecule has 5 aromatic carbocycles. The Morgan fingerprint density at radius 2 is 1.30 bits per heavy atom. The topological polar surface area (TPSA) is 92.3 Å². The lowest BCUT2D eigenvalue weighted by molar-refractivity contribution is -0.115. The van der Waals surface area contributed by atoms with Gasteiger partial charge in [0.05, 0.1) is 11.3 Å². The summed E-state index contributed by atoms with van der Waals surface area (Å²) in [4.78, 5) is 53.9. The zero-order valence-corrected chi connectivity index (χ0v) is 24.1. The first-order valence-corrected chi connectivity index (χ1v) is 14.7. The molecule has 0 heterocycles. The lowest BCUT2D eigenvalue weighted by atomic mass is 9.83. The zero-order valence-electron chi connectivity index (χ0n) is 22.5. The van der Waals surface area contributed by atoms with E-state index in [9.17, 15) is 19.2 Å². The molecule has 6 nitrogen and oxygen atoms in total. The number of carbonyl (C=O) groups excluding carboxylic acids is 4. The van der Waals surface area contributed by atoms with E-state index >= 15 is 0 Å². The Morgan fingerprint density at radius 3 is 2.02 bits per heavy atom. The summed E-state index contributed by atoms with van der Waals surface area (Å²) < 4.78 is 0. The summed E-state index contributed by atoms with van der Waals surface area (Å²) in [6, 6.07) is 34.8. The van der Waals surface area contributed by atoms with Crippen LogP contribution in [0.4, 0.5) is 11.4 Å². The highest BCUT2D eigenvalue weighted by Crippen LogP contribution is 2.38. The van der Waals surface area contributed by atoms with E-state index < -0.39 is 5.25 Å². The van der Waals surface area contributed by atoms with Gasteiger partial charge in [-0.3, -0.25) is 19.2 Å². The maximum absolute atomic E-state index is 13.8. The molecular formula is C35H23ClN2O4S. The third-order valence-electron chi connectivity index (χ3n) is 7.00. The van der Waals surface area contributed by atoms with Crippen LogP contribution < -0.4 is 10.6 Å². The first-order valence-electron chi connectivity index (χ1n) is 13.4. The molecule has 0 radical (unpaired) electrons. The molecule has 6 rings (SSSR count). The standard InChI is InChI=1S/C35H23ClN2O4S/c36-23-11-6-10-22(20-23)34(41)37-24-16-18-25(19-17-24)43-33(21-8-2-1-3-9-21)35(42)38-29-15-7-14-28-30(29)32(40)27-13-5-4-12-26(27)31(28)39/h1-20,33H,(H,37,41)(H,38,42). The smallest absolute Gasteiger partial charge is 0.255 e. The molecule has 0 bridgehead atoms. The van der Waals surface area contributed by atoms with E-state index in [0.29, 0.717) is 27.4 Å². The van der Waals surface area contributed by atoms with Gasteiger partial charge in [0.15, 0.2) is 11.6 Å². The lowest BCUT2D eigenvalue weighted by Gasteiger charge is -2.22. The largest absolute Gasteiger partial charge is 0.324 e. The molecular weight excluding hydrogens is 580 g/mol. The van der Waals surface area contributed by atoms with Crippen molar-refractivity contribution in [2.75, 3.05) is 10.6 Å². The monoisotopic (exact) mass is 602 g/mol. The van der Waals surface area contributed by atoms with Crippen LogP contribution in [0.25, 0.3) is 0 Å².